The summed E-state index contributed by atoms with van der Waals surface area (Å²) in [5, 5.41) is 4.74. The second-order valence-electron chi connectivity index (χ2n) is 5.85. The SMILES string of the molecule is C/C=C\C(=C/C)C1CCCn2nc(-c3ccc(Br)c(OC)c3)nc21. The van der Waals surface area contributed by atoms with Crippen LogP contribution < -0.4 is 4.74 Å². The molecule has 1 unspecified atom stereocenters. The van der Waals surface area contributed by atoms with E-state index < -0.39 is 0 Å². The van der Waals surface area contributed by atoms with E-state index in [0.717, 1.165) is 46.8 Å². The molecule has 1 aromatic carbocycles. The van der Waals surface area contributed by atoms with Gasteiger partial charge in [0, 0.05) is 18.0 Å². The van der Waals surface area contributed by atoms with Crippen molar-refractivity contribution in [3.05, 3.63) is 52.3 Å². The van der Waals surface area contributed by atoms with E-state index in [1.54, 1.807) is 7.11 Å². The molecule has 0 bridgehead atoms. The number of nitrogens with zero attached hydrogens (tertiary/aromatic N) is 3. The van der Waals surface area contributed by atoms with E-state index in [-0.39, 0.29) is 0 Å². The number of halogens is 1. The Morgan fingerprint density at radius 1 is 1.38 bits per heavy atom. The van der Waals surface area contributed by atoms with Crippen LogP contribution in [0, 0.1) is 0 Å². The summed E-state index contributed by atoms with van der Waals surface area (Å²) in [4.78, 5) is 4.86. The summed E-state index contributed by atoms with van der Waals surface area (Å²) >= 11 is 3.49. The first-order valence-electron chi connectivity index (χ1n) is 8.25. The molecule has 0 aliphatic carbocycles. The van der Waals surface area contributed by atoms with Crippen LogP contribution in [0.5, 0.6) is 5.75 Å². The van der Waals surface area contributed by atoms with Crippen molar-refractivity contribution >= 4 is 15.9 Å². The first-order valence-corrected chi connectivity index (χ1v) is 9.04. The summed E-state index contributed by atoms with van der Waals surface area (Å²) in [5.74, 6) is 2.93. The van der Waals surface area contributed by atoms with E-state index in [1.165, 1.54) is 5.57 Å². The standard InChI is InChI=1S/C19H22BrN3O/c1-4-7-13(5-2)15-8-6-11-23-19(15)21-18(22-23)14-9-10-16(20)17(12-14)24-3/h4-5,7,9-10,12,15H,6,8,11H2,1-3H3/b7-4-,13-5+. The predicted octanol–water partition coefficient (Wildman–Crippen LogP) is 5.12. The zero-order chi connectivity index (χ0) is 17.1. The third-order valence-electron chi connectivity index (χ3n) is 4.38. The summed E-state index contributed by atoms with van der Waals surface area (Å²) in [6.07, 6.45) is 8.69. The smallest absolute Gasteiger partial charge is 0.181 e. The number of hydrogen-bond acceptors (Lipinski definition) is 3. The Hall–Kier alpha value is -1.88. The molecule has 5 heteroatoms. The Kier molecular flexibility index (Phi) is 5.19. The van der Waals surface area contributed by atoms with Crippen LogP contribution in [0.1, 0.15) is 38.4 Å². The zero-order valence-electron chi connectivity index (χ0n) is 14.3. The molecule has 4 nitrogen and oxygen atoms in total. The first kappa shape index (κ1) is 17.0. The molecule has 0 saturated heterocycles. The lowest BCUT2D eigenvalue weighted by molar-refractivity contribution is 0.412. The summed E-state index contributed by atoms with van der Waals surface area (Å²) in [6, 6.07) is 5.97. The first-order chi connectivity index (χ1) is 11.7. The molecule has 0 amide bonds. The van der Waals surface area contributed by atoms with Gasteiger partial charge in [0.1, 0.15) is 11.6 Å². The van der Waals surface area contributed by atoms with Crippen LogP contribution in [0.4, 0.5) is 0 Å². The van der Waals surface area contributed by atoms with Crippen molar-refractivity contribution in [2.24, 2.45) is 0 Å². The van der Waals surface area contributed by atoms with Crippen LogP contribution in [-0.4, -0.2) is 21.9 Å². The molecule has 0 radical (unpaired) electrons. The van der Waals surface area contributed by atoms with Gasteiger partial charge < -0.3 is 4.74 Å². The molecule has 1 aliphatic heterocycles. The fourth-order valence-electron chi connectivity index (χ4n) is 3.19. The maximum Gasteiger partial charge on any atom is 0.181 e. The third-order valence-corrected chi connectivity index (χ3v) is 5.03. The van der Waals surface area contributed by atoms with E-state index in [9.17, 15) is 0 Å². The summed E-state index contributed by atoms with van der Waals surface area (Å²) < 4.78 is 8.38. The van der Waals surface area contributed by atoms with E-state index in [4.69, 9.17) is 14.8 Å². The number of aryl methyl sites for hydroxylation is 1. The number of fused-ring (bicyclic) bond motifs is 1. The van der Waals surface area contributed by atoms with Crippen molar-refractivity contribution in [1.82, 2.24) is 14.8 Å². The number of methoxy groups -OCH3 is 1. The van der Waals surface area contributed by atoms with E-state index in [0.29, 0.717) is 5.92 Å². The molecular weight excluding hydrogens is 366 g/mol. The number of rotatable bonds is 4. The average molecular weight is 388 g/mol. The van der Waals surface area contributed by atoms with Gasteiger partial charge in [0.25, 0.3) is 0 Å². The van der Waals surface area contributed by atoms with Crippen molar-refractivity contribution < 1.29 is 4.74 Å². The van der Waals surface area contributed by atoms with Crippen LogP contribution in [0.25, 0.3) is 11.4 Å². The highest BCUT2D eigenvalue weighted by molar-refractivity contribution is 9.10. The molecule has 24 heavy (non-hydrogen) atoms. The average Bonchev–Trinajstić information content (AvgIpc) is 3.04. The topological polar surface area (TPSA) is 39.9 Å². The minimum atomic E-state index is 0.318. The van der Waals surface area contributed by atoms with Gasteiger partial charge in [0.05, 0.1) is 11.6 Å². The second-order valence-corrected chi connectivity index (χ2v) is 6.70. The fourth-order valence-corrected chi connectivity index (χ4v) is 3.60. The molecular formula is C19H22BrN3O. The van der Waals surface area contributed by atoms with Gasteiger partial charge in [-0.25, -0.2) is 9.67 Å². The minimum Gasteiger partial charge on any atom is -0.496 e. The minimum absolute atomic E-state index is 0.318. The molecule has 2 aromatic rings. The lowest BCUT2D eigenvalue weighted by Gasteiger charge is -2.23. The lowest BCUT2D eigenvalue weighted by Crippen LogP contribution is -2.18. The van der Waals surface area contributed by atoms with Gasteiger partial charge in [0.2, 0.25) is 0 Å². The highest BCUT2D eigenvalue weighted by atomic mass is 79.9. The molecule has 1 atom stereocenters. The molecule has 0 N–H and O–H groups in total. The van der Waals surface area contributed by atoms with Gasteiger partial charge in [-0.2, -0.15) is 5.10 Å². The fraction of sp³-hybridized carbons (Fsp3) is 0.368. The molecule has 1 aliphatic rings. The summed E-state index contributed by atoms with van der Waals surface area (Å²) in [7, 11) is 1.67. The third kappa shape index (κ3) is 3.18. The monoisotopic (exact) mass is 387 g/mol. The molecule has 1 aromatic heterocycles. The molecule has 126 valence electrons. The summed E-state index contributed by atoms with van der Waals surface area (Å²) in [6.45, 7) is 5.07. The molecule has 0 spiro atoms. The lowest BCUT2D eigenvalue weighted by atomic mass is 9.90. The van der Waals surface area contributed by atoms with Gasteiger partial charge in [0.15, 0.2) is 5.82 Å². The van der Waals surface area contributed by atoms with Crippen molar-refractivity contribution in [1.29, 1.82) is 0 Å². The van der Waals surface area contributed by atoms with Crippen molar-refractivity contribution in [3.8, 4) is 17.1 Å². The van der Waals surface area contributed by atoms with Crippen LogP contribution in [0.2, 0.25) is 0 Å². The van der Waals surface area contributed by atoms with Crippen molar-refractivity contribution in [2.75, 3.05) is 7.11 Å². The Labute approximate surface area is 151 Å². The van der Waals surface area contributed by atoms with E-state index >= 15 is 0 Å². The van der Waals surface area contributed by atoms with E-state index in [2.05, 4.69) is 52.7 Å². The molecule has 0 saturated carbocycles. The summed E-state index contributed by atoms with van der Waals surface area (Å²) in [5.41, 5.74) is 2.29. The number of benzene rings is 1. The van der Waals surface area contributed by atoms with Gasteiger partial charge in [-0.1, -0.05) is 18.2 Å². The predicted molar refractivity (Wildman–Crippen MR) is 100 cm³/mol. The highest BCUT2D eigenvalue weighted by Gasteiger charge is 2.26. The Morgan fingerprint density at radius 2 is 2.21 bits per heavy atom. The number of allylic oxidation sites excluding steroid dienone is 4. The van der Waals surface area contributed by atoms with Crippen molar-refractivity contribution in [3.63, 3.8) is 0 Å². The van der Waals surface area contributed by atoms with E-state index in [1.807, 2.05) is 18.2 Å². The Morgan fingerprint density at radius 3 is 2.92 bits per heavy atom. The zero-order valence-corrected chi connectivity index (χ0v) is 15.9. The number of ether oxygens (including phenoxy) is 1. The molecule has 0 fully saturated rings. The molecule has 2 heterocycles. The maximum atomic E-state index is 5.39. The van der Waals surface area contributed by atoms with Gasteiger partial charge in [-0.15, -0.1) is 0 Å². The van der Waals surface area contributed by atoms with Gasteiger partial charge in [-0.05, 0) is 66.4 Å². The number of hydrogen-bond donors (Lipinski definition) is 0. The van der Waals surface area contributed by atoms with Gasteiger partial charge in [-0.3, -0.25) is 0 Å². The Bertz CT molecular complexity index is 792. The Balaban J connectivity index is 2.01. The van der Waals surface area contributed by atoms with Crippen LogP contribution in [0.3, 0.4) is 0 Å². The normalized spacial score (nSPS) is 18.0. The quantitative estimate of drug-likeness (QED) is 0.683. The molecule has 3 rings (SSSR count). The van der Waals surface area contributed by atoms with Crippen molar-refractivity contribution in [2.45, 2.75) is 39.2 Å². The maximum absolute atomic E-state index is 5.39. The van der Waals surface area contributed by atoms with Crippen LogP contribution >= 0.6 is 15.9 Å². The van der Waals surface area contributed by atoms with Crippen LogP contribution in [-0.2, 0) is 6.54 Å². The highest BCUT2D eigenvalue weighted by Crippen LogP contribution is 2.35. The number of aromatic nitrogens is 3. The van der Waals surface area contributed by atoms with Crippen LogP contribution in [0.15, 0.2) is 46.5 Å². The second kappa shape index (κ2) is 7.34. The largest absolute Gasteiger partial charge is 0.496 e. The van der Waals surface area contributed by atoms with Gasteiger partial charge >= 0.3 is 0 Å².